The third kappa shape index (κ3) is 5.18. The number of amides is 2. The fourth-order valence-electron chi connectivity index (χ4n) is 3.28. The van der Waals surface area contributed by atoms with Crippen molar-refractivity contribution in [3.05, 3.63) is 104 Å². The van der Waals surface area contributed by atoms with Crippen LogP contribution < -0.4 is 4.74 Å². The zero-order chi connectivity index (χ0) is 22.7. The molecule has 3 aromatic carbocycles. The van der Waals surface area contributed by atoms with Crippen LogP contribution in [-0.4, -0.2) is 16.0 Å². The summed E-state index contributed by atoms with van der Waals surface area (Å²) in [6.45, 7) is 2.51. The van der Waals surface area contributed by atoms with E-state index in [1.54, 1.807) is 30.3 Å². The number of hydrogen-bond donors (Lipinski definition) is 0. The molecule has 1 aliphatic rings. The third-order valence-electron chi connectivity index (χ3n) is 4.89. The van der Waals surface area contributed by atoms with E-state index in [1.807, 2.05) is 49.4 Å². The van der Waals surface area contributed by atoms with E-state index in [4.69, 9.17) is 27.9 Å². The van der Waals surface area contributed by atoms with Crippen molar-refractivity contribution >= 4 is 52.2 Å². The smallest absolute Gasteiger partial charge is 0.293 e. The second kappa shape index (κ2) is 9.82. The molecule has 32 heavy (non-hydrogen) atoms. The summed E-state index contributed by atoms with van der Waals surface area (Å²) < 4.78 is 5.79. The molecule has 2 amide bonds. The number of aryl methyl sites for hydroxylation is 1. The average Bonchev–Trinajstić information content (AvgIpc) is 3.01. The molecule has 4 nitrogen and oxygen atoms in total. The summed E-state index contributed by atoms with van der Waals surface area (Å²) in [4.78, 5) is 26.8. The van der Waals surface area contributed by atoms with Gasteiger partial charge in [0.2, 0.25) is 0 Å². The first-order chi connectivity index (χ1) is 15.4. The lowest BCUT2D eigenvalue weighted by Crippen LogP contribution is -2.27. The highest BCUT2D eigenvalue weighted by atomic mass is 35.5. The molecular formula is C25H19Cl2NO3S. The summed E-state index contributed by atoms with van der Waals surface area (Å²) in [5, 5.41) is 0.750. The topological polar surface area (TPSA) is 46.6 Å². The summed E-state index contributed by atoms with van der Waals surface area (Å²) in [6, 6.07) is 20.4. The Morgan fingerprint density at radius 2 is 1.78 bits per heavy atom. The Labute approximate surface area is 200 Å². The number of carbonyl (C=O) groups is 2. The van der Waals surface area contributed by atoms with Crippen LogP contribution in [0.4, 0.5) is 4.79 Å². The number of benzene rings is 3. The number of hydrogen-bond acceptors (Lipinski definition) is 4. The van der Waals surface area contributed by atoms with Crippen LogP contribution in [0.25, 0.3) is 6.08 Å². The standard InChI is InChI=1S/C25H19Cl2NO3S/c1-16-5-4-6-18(11-16)14-28-24(29)23(32-25(28)30)13-17-9-10-22(21(27)12-17)31-15-19-7-2-3-8-20(19)26/h2-13H,14-15H2,1H3/b23-13-. The lowest BCUT2D eigenvalue weighted by atomic mass is 10.1. The van der Waals surface area contributed by atoms with Gasteiger partial charge >= 0.3 is 0 Å². The van der Waals surface area contributed by atoms with Gasteiger partial charge in [0.05, 0.1) is 16.5 Å². The Bertz CT molecular complexity index is 1230. The molecular weight excluding hydrogens is 465 g/mol. The molecule has 162 valence electrons. The fraction of sp³-hybridized carbons (Fsp3) is 0.120. The van der Waals surface area contributed by atoms with E-state index in [-0.39, 0.29) is 24.3 Å². The molecule has 3 aromatic rings. The zero-order valence-corrected chi connectivity index (χ0v) is 19.5. The number of ether oxygens (including phenoxy) is 1. The summed E-state index contributed by atoms with van der Waals surface area (Å²) in [5.41, 5.74) is 3.56. The Morgan fingerprint density at radius 1 is 0.969 bits per heavy atom. The van der Waals surface area contributed by atoms with Crippen molar-refractivity contribution in [2.24, 2.45) is 0 Å². The van der Waals surface area contributed by atoms with E-state index < -0.39 is 0 Å². The fourth-order valence-corrected chi connectivity index (χ4v) is 4.55. The summed E-state index contributed by atoms with van der Waals surface area (Å²) in [5.74, 6) is 0.202. The van der Waals surface area contributed by atoms with Gasteiger partial charge in [-0.1, -0.05) is 77.3 Å². The molecule has 7 heteroatoms. The third-order valence-corrected chi connectivity index (χ3v) is 6.46. The number of carbonyl (C=O) groups excluding carboxylic acids is 2. The molecule has 1 saturated heterocycles. The second-order valence-corrected chi connectivity index (χ2v) is 9.13. The quantitative estimate of drug-likeness (QED) is 0.350. The van der Waals surface area contributed by atoms with Gasteiger partial charge < -0.3 is 4.74 Å². The van der Waals surface area contributed by atoms with Gasteiger partial charge in [-0.2, -0.15) is 0 Å². The predicted molar refractivity (Wildman–Crippen MR) is 130 cm³/mol. The molecule has 0 aromatic heterocycles. The predicted octanol–water partition coefficient (Wildman–Crippen LogP) is 7.12. The van der Waals surface area contributed by atoms with E-state index in [2.05, 4.69) is 0 Å². The number of thioether (sulfide) groups is 1. The van der Waals surface area contributed by atoms with Gasteiger partial charge in [-0.25, -0.2) is 0 Å². The maximum Gasteiger partial charge on any atom is 0.293 e. The SMILES string of the molecule is Cc1cccc(CN2C(=O)S/C(=C\c3ccc(OCc4ccccc4Cl)c(Cl)c3)C2=O)c1. The van der Waals surface area contributed by atoms with Gasteiger partial charge in [-0.15, -0.1) is 0 Å². The molecule has 0 unspecified atom stereocenters. The minimum Gasteiger partial charge on any atom is -0.487 e. The minimum absolute atomic E-state index is 0.249. The van der Waals surface area contributed by atoms with Gasteiger partial charge in [-0.3, -0.25) is 14.5 Å². The highest BCUT2D eigenvalue weighted by Gasteiger charge is 2.35. The Morgan fingerprint density at radius 3 is 2.53 bits per heavy atom. The first-order valence-corrected chi connectivity index (χ1v) is 11.4. The van der Waals surface area contributed by atoms with E-state index in [0.717, 1.165) is 28.5 Å². The lowest BCUT2D eigenvalue weighted by molar-refractivity contribution is -0.123. The molecule has 1 heterocycles. The van der Waals surface area contributed by atoms with Crippen molar-refractivity contribution in [1.82, 2.24) is 4.90 Å². The van der Waals surface area contributed by atoms with E-state index in [0.29, 0.717) is 26.3 Å². The zero-order valence-electron chi connectivity index (χ0n) is 17.2. The molecule has 0 N–H and O–H groups in total. The summed E-state index contributed by atoms with van der Waals surface area (Å²) >= 11 is 13.5. The van der Waals surface area contributed by atoms with Crippen LogP contribution in [0.3, 0.4) is 0 Å². The average molecular weight is 484 g/mol. The van der Waals surface area contributed by atoms with E-state index >= 15 is 0 Å². The van der Waals surface area contributed by atoms with Gasteiger partial charge in [0.15, 0.2) is 0 Å². The first kappa shape index (κ1) is 22.5. The van der Waals surface area contributed by atoms with Gasteiger partial charge in [-0.05, 0) is 54.1 Å². The number of rotatable bonds is 6. The van der Waals surface area contributed by atoms with Gasteiger partial charge in [0, 0.05) is 10.6 Å². The van der Waals surface area contributed by atoms with Crippen molar-refractivity contribution in [3.63, 3.8) is 0 Å². The molecule has 0 saturated carbocycles. The van der Waals surface area contributed by atoms with E-state index in [1.165, 1.54) is 4.90 Å². The molecule has 0 radical (unpaired) electrons. The van der Waals surface area contributed by atoms with Gasteiger partial charge in [0.1, 0.15) is 12.4 Å². The van der Waals surface area contributed by atoms with Crippen molar-refractivity contribution in [1.29, 1.82) is 0 Å². The van der Waals surface area contributed by atoms with Crippen LogP contribution in [-0.2, 0) is 17.9 Å². The highest BCUT2D eigenvalue weighted by molar-refractivity contribution is 8.18. The summed E-state index contributed by atoms with van der Waals surface area (Å²) in [7, 11) is 0. The molecule has 0 spiro atoms. The Hall–Kier alpha value is -2.73. The molecule has 0 atom stereocenters. The van der Waals surface area contributed by atoms with Crippen molar-refractivity contribution in [2.75, 3.05) is 0 Å². The maximum absolute atomic E-state index is 12.8. The second-order valence-electron chi connectivity index (χ2n) is 7.33. The van der Waals surface area contributed by atoms with E-state index in [9.17, 15) is 9.59 Å². The van der Waals surface area contributed by atoms with Crippen LogP contribution in [0.5, 0.6) is 5.75 Å². The number of nitrogens with zero attached hydrogens (tertiary/aromatic N) is 1. The molecule has 4 rings (SSSR count). The molecule has 0 aliphatic carbocycles. The minimum atomic E-state index is -0.309. The van der Waals surface area contributed by atoms with Crippen LogP contribution in [0.2, 0.25) is 10.0 Å². The molecule has 1 fully saturated rings. The number of halogens is 2. The van der Waals surface area contributed by atoms with Crippen molar-refractivity contribution in [2.45, 2.75) is 20.1 Å². The largest absolute Gasteiger partial charge is 0.487 e. The maximum atomic E-state index is 12.8. The van der Waals surface area contributed by atoms with Crippen LogP contribution in [0.1, 0.15) is 22.3 Å². The monoisotopic (exact) mass is 483 g/mol. The van der Waals surface area contributed by atoms with Crippen LogP contribution >= 0.6 is 35.0 Å². The summed E-state index contributed by atoms with van der Waals surface area (Å²) in [6.07, 6.45) is 1.67. The first-order valence-electron chi connectivity index (χ1n) is 9.87. The van der Waals surface area contributed by atoms with Crippen molar-refractivity contribution in [3.8, 4) is 5.75 Å². The van der Waals surface area contributed by atoms with Crippen LogP contribution in [0, 0.1) is 6.92 Å². The lowest BCUT2D eigenvalue weighted by Gasteiger charge is -2.12. The van der Waals surface area contributed by atoms with Crippen molar-refractivity contribution < 1.29 is 14.3 Å². The molecule has 1 aliphatic heterocycles. The highest BCUT2D eigenvalue weighted by Crippen LogP contribution is 2.35. The Balaban J connectivity index is 1.46. The van der Waals surface area contributed by atoms with Gasteiger partial charge in [0.25, 0.3) is 11.1 Å². The normalized spacial score (nSPS) is 15.0. The number of imide groups is 1. The van der Waals surface area contributed by atoms with Crippen LogP contribution in [0.15, 0.2) is 71.6 Å². The Kier molecular flexibility index (Phi) is 6.89. The molecule has 0 bridgehead atoms.